The smallest absolute Gasteiger partial charge is 0.255 e. The molecule has 1 aliphatic heterocycles. The number of rotatable bonds is 6. The third-order valence-electron chi connectivity index (χ3n) is 4.71. The Morgan fingerprint density at radius 2 is 1.77 bits per heavy atom. The van der Waals surface area contributed by atoms with E-state index >= 15 is 0 Å². The van der Waals surface area contributed by atoms with Crippen molar-refractivity contribution >= 4 is 5.91 Å². The molecule has 1 atom stereocenters. The minimum atomic E-state index is -1.28. The van der Waals surface area contributed by atoms with Crippen molar-refractivity contribution in [3.8, 4) is 11.5 Å². The van der Waals surface area contributed by atoms with Crippen molar-refractivity contribution in [2.24, 2.45) is 0 Å². The molecule has 1 aliphatic rings. The molecule has 0 unspecified atom stereocenters. The summed E-state index contributed by atoms with van der Waals surface area (Å²) in [6.45, 7) is 1.71. The van der Waals surface area contributed by atoms with Gasteiger partial charge < -0.3 is 14.7 Å². The van der Waals surface area contributed by atoms with Crippen LogP contribution in [0.1, 0.15) is 18.4 Å². The molecular weight excluding hydrogens is 328 g/mol. The van der Waals surface area contributed by atoms with Crippen molar-refractivity contribution in [1.29, 1.82) is 0 Å². The van der Waals surface area contributed by atoms with E-state index in [2.05, 4.69) is 0 Å². The number of benzene rings is 2. The summed E-state index contributed by atoms with van der Waals surface area (Å²) in [6, 6.07) is 17.5. The summed E-state index contributed by atoms with van der Waals surface area (Å²) in [7, 11) is 3.67. The number of amides is 1. The number of hydrogen-bond donors (Lipinski definition) is 1. The molecule has 5 nitrogen and oxygen atoms in total. The first kappa shape index (κ1) is 18.4. The number of likely N-dealkylation sites (tertiary alicyclic amines) is 1. The molecule has 5 heteroatoms. The Kier molecular flexibility index (Phi) is 5.59. The van der Waals surface area contributed by atoms with Crippen LogP contribution in [0.4, 0.5) is 0 Å². The topological polar surface area (TPSA) is 53.0 Å². The van der Waals surface area contributed by atoms with E-state index in [4.69, 9.17) is 4.74 Å². The fourth-order valence-electron chi connectivity index (χ4n) is 3.42. The standard InChI is InChI=1S/C21H26N2O3/c1-22(16-21(25)13-6-14-23(2)20(21)24)15-17-9-11-19(12-10-17)26-18-7-4-3-5-8-18/h3-5,7-12,25H,6,13-16H2,1-2H3/t21-/m0/s1. The van der Waals surface area contributed by atoms with Gasteiger partial charge in [-0.2, -0.15) is 0 Å². The Morgan fingerprint density at radius 1 is 1.12 bits per heavy atom. The van der Waals surface area contributed by atoms with Crippen LogP contribution in [0.3, 0.4) is 0 Å². The van der Waals surface area contributed by atoms with Gasteiger partial charge in [-0.05, 0) is 49.7 Å². The highest BCUT2D eigenvalue weighted by Gasteiger charge is 2.41. The van der Waals surface area contributed by atoms with Crippen LogP contribution in [-0.4, -0.2) is 53.6 Å². The Hall–Kier alpha value is -2.37. The molecule has 0 aromatic heterocycles. The molecule has 1 heterocycles. The van der Waals surface area contributed by atoms with E-state index in [1.54, 1.807) is 11.9 Å². The summed E-state index contributed by atoms with van der Waals surface area (Å²) < 4.78 is 5.80. The number of piperidine rings is 1. The van der Waals surface area contributed by atoms with Crippen molar-refractivity contribution in [3.05, 3.63) is 60.2 Å². The number of aliphatic hydroxyl groups is 1. The molecule has 0 aliphatic carbocycles. The lowest BCUT2D eigenvalue weighted by atomic mass is 9.91. The largest absolute Gasteiger partial charge is 0.457 e. The first-order chi connectivity index (χ1) is 12.5. The van der Waals surface area contributed by atoms with Gasteiger partial charge in [0.05, 0.1) is 0 Å². The van der Waals surface area contributed by atoms with Gasteiger partial charge in [0.2, 0.25) is 0 Å². The zero-order valence-corrected chi connectivity index (χ0v) is 15.4. The van der Waals surface area contributed by atoms with Crippen LogP contribution in [0, 0.1) is 0 Å². The number of carbonyl (C=O) groups excluding carboxylic acids is 1. The summed E-state index contributed by atoms with van der Waals surface area (Å²) in [5, 5.41) is 10.7. The first-order valence-electron chi connectivity index (χ1n) is 8.95. The fourth-order valence-corrected chi connectivity index (χ4v) is 3.42. The zero-order valence-electron chi connectivity index (χ0n) is 15.4. The van der Waals surface area contributed by atoms with Crippen LogP contribution in [-0.2, 0) is 11.3 Å². The fraction of sp³-hybridized carbons (Fsp3) is 0.381. The molecule has 3 rings (SSSR count). The number of nitrogens with zero attached hydrogens (tertiary/aromatic N) is 2. The molecular formula is C21H26N2O3. The van der Waals surface area contributed by atoms with Crippen LogP contribution in [0.2, 0.25) is 0 Å². The summed E-state index contributed by atoms with van der Waals surface area (Å²) in [6.07, 6.45) is 1.35. The number of likely N-dealkylation sites (N-methyl/N-ethyl adjacent to an activating group) is 2. The number of ether oxygens (including phenoxy) is 1. The maximum atomic E-state index is 12.3. The first-order valence-corrected chi connectivity index (χ1v) is 8.95. The van der Waals surface area contributed by atoms with Crippen LogP contribution in [0.5, 0.6) is 11.5 Å². The molecule has 0 bridgehead atoms. The van der Waals surface area contributed by atoms with Crippen LogP contribution in [0.15, 0.2) is 54.6 Å². The minimum Gasteiger partial charge on any atom is -0.457 e. The van der Waals surface area contributed by atoms with Gasteiger partial charge in [0.15, 0.2) is 5.60 Å². The number of hydrogen-bond acceptors (Lipinski definition) is 4. The van der Waals surface area contributed by atoms with Gasteiger partial charge in [-0.3, -0.25) is 9.69 Å². The number of para-hydroxylation sites is 1. The minimum absolute atomic E-state index is 0.179. The van der Waals surface area contributed by atoms with E-state index in [-0.39, 0.29) is 5.91 Å². The van der Waals surface area contributed by atoms with E-state index in [0.29, 0.717) is 26.1 Å². The van der Waals surface area contributed by atoms with Gasteiger partial charge in [-0.15, -0.1) is 0 Å². The average molecular weight is 354 g/mol. The zero-order chi connectivity index (χ0) is 18.6. The quantitative estimate of drug-likeness (QED) is 0.867. The second-order valence-electron chi connectivity index (χ2n) is 7.09. The predicted molar refractivity (Wildman–Crippen MR) is 101 cm³/mol. The predicted octanol–water partition coefficient (Wildman–Crippen LogP) is 2.89. The van der Waals surface area contributed by atoms with Gasteiger partial charge in [0.1, 0.15) is 11.5 Å². The van der Waals surface area contributed by atoms with E-state index in [1.165, 1.54) is 0 Å². The van der Waals surface area contributed by atoms with E-state index in [1.807, 2.05) is 66.5 Å². The van der Waals surface area contributed by atoms with Crippen LogP contribution in [0.25, 0.3) is 0 Å². The van der Waals surface area contributed by atoms with Crippen molar-refractivity contribution in [2.45, 2.75) is 25.0 Å². The van der Waals surface area contributed by atoms with Gasteiger partial charge in [0, 0.05) is 26.7 Å². The summed E-state index contributed by atoms with van der Waals surface area (Å²) in [4.78, 5) is 15.9. The summed E-state index contributed by atoms with van der Waals surface area (Å²) in [5.74, 6) is 1.41. The molecule has 138 valence electrons. The molecule has 1 fully saturated rings. The molecule has 1 saturated heterocycles. The van der Waals surface area contributed by atoms with Crippen molar-refractivity contribution in [1.82, 2.24) is 9.80 Å². The van der Waals surface area contributed by atoms with Gasteiger partial charge in [0.25, 0.3) is 5.91 Å². The second-order valence-corrected chi connectivity index (χ2v) is 7.09. The lowest BCUT2D eigenvalue weighted by Gasteiger charge is -2.38. The Labute approximate surface area is 154 Å². The Balaban J connectivity index is 1.57. The molecule has 2 aromatic carbocycles. The van der Waals surface area contributed by atoms with Crippen molar-refractivity contribution < 1.29 is 14.6 Å². The monoisotopic (exact) mass is 354 g/mol. The third kappa shape index (κ3) is 4.42. The lowest BCUT2D eigenvalue weighted by Crippen LogP contribution is -2.56. The maximum Gasteiger partial charge on any atom is 0.255 e. The normalized spacial score (nSPS) is 20.5. The van der Waals surface area contributed by atoms with Crippen molar-refractivity contribution in [2.75, 3.05) is 27.2 Å². The lowest BCUT2D eigenvalue weighted by molar-refractivity contribution is -0.157. The summed E-state index contributed by atoms with van der Waals surface area (Å²) >= 11 is 0. The highest BCUT2D eigenvalue weighted by atomic mass is 16.5. The maximum absolute atomic E-state index is 12.3. The van der Waals surface area contributed by atoms with E-state index in [9.17, 15) is 9.90 Å². The van der Waals surface area contributed by atoms with Crippen LogP contribution < -0.4 is 4.74 Å². The molecule has 0 radical (unpaired) electrons. The third-order valence-corrected chi connectivity index (χ3v) is 4.71. The Bertz CT molecular complexity index is 733. The van der Waals surface area contributed by atoms with E-state index in [0.717, 1.165) is 23.5 Å². The Morgan fingerprint density at radius 3 is 2.46 bits per heavy atom. The van der Waals surface area contributed by atoms with Crippen LogP contribution >= 0.6 is 0 Å². The number of carbonyl (C=O) groups is 1. The van der Waals surface area contributed by atoms with Gasteiger partial charge in [-0.1, -0.05) is 30.3 Å². The molecule has 0 spiro atoms. The van der Waals surface area contributed by atoms with Gasteiger partial charge in [-0.25, -0.2) is 0 Å². The summed E-state index contributed by atoms with van der Waals surface area (Å²) in [5.41, 5.74) is -0.175. The van der Waals surface area contributed by atoms with Gasteiger partial charge >= 0.3 is 0 Å². The molecule has 0 saturated carbocycles. The molecule has 2 aromatic rings. The molecule has 1 amide bonds. The average Bonchev–Trinajstić information content (AvgIpc) is 2.62. The van der Waals surface area contributed by atoms with Crippen molar-refractivity contribution in [3.63, 3.8) is 0 Å². The SMILES string of the molecule is CN(Cc1ccc(Oc2ccccc2)cc1)C[C@@]1(O)CCCN(C)C1=O. The molecule has 1 N–H and O–H groups in total. The van der Waals surface area contributed by atoms with E-state index < -0.39 is 5.60 Å². The second kappa shape index (κ2) is 7.89. The highest BCUT2D eigenvalue weighted by Crippen LogP contribution is 2.24. The molecule has 26 heavy (non-hydrogen) atoms. The highest BCUT2D eigenvalue weighted by molar-refractivity contribution is 5.85.